The molecular weight excluding hydrogens is 354 g/mol. The van der Waals surface area contributed by atoms with Gasteiger partial charge in [-0.2, -0.15) is 4.98 Å². The van der Waals surface area contributed by atoms with E-state index < -0.39 is 0 Å². The third kappa shape index (κ3) is 3.83. The molecule has 1 aromatic carbocycles. The van der Waals surface area contributed by atoms with Crippen LogP contribution in [-0.2, 0) is 11.2 Å². The molecule has 0 aliphatic rings. The van der Waals surface area contributed by atoms with Crippen LogP contribution in [-0.4, -0.2) is 32.6 Å². The van der Waals surface area contributed by atoms with E-state index in [0.717, 1.165) is 22.4 Å². The van der Waals surface area contributed by atoms with Gasteiger partial charge in [-0.05, 0) is 41.8 Å². The van der Waals surface area contributed by atoms with Crippen LogP contribution in [0.4, 0.5) is 5.95 Å². The van der Waals surface area contributed by atoms with Crippen LogP contribution in [0.1, 0.15) is 11.3 Å². The minimum absolute atomic E-state index is 0.171. The maximum Gasteiger partial charge on any atom is 0.249 e. The molecule has 0 saturated carbocycles. The lowest BCUT2D eigenvalue weighted by Gasteiger charge is -2.05. The standard InChI is InChI=1S/C21H19N5O2/c1-14-11-17(7-9-22-14)16-5-3-15(4-6-16)12-20(27)24-21-23-19-13-18(28-2)8-10-26(19)25-21/h3-11,13H,12H2,1-2H3,(H,24,25,27). The molecule has 3 heterocycles. The third-order valence-corrected chi connectivity index (χ3v) is 4.34. The Kier molecular flexibility index (Phi) is 4.72. The molecule has 0 bridgehead atoms. The Morgan fingerprint density at radius 2 is 1.93 bits per heavy atom. The number of benzene rings is 1. The fraction of sp³-hybridized carbons (Fsp3) is 0.143. The van der Waals surface area contributed by atoms with Gasteiger partial charge >= 0.3 is 0 Å². The molecule has 7 heteroatoms. The van der Waals surface area contributed by atoms with Crippen LogP contribution < -0.4 is 10.1 Å². The number of carbonyl (C=O) groups is 1. The first-order chi connectivity index (χ1) is 13.6. The van der Waals surface area contributed by atoms with Crippen LogP contribution in [0.5, 0.6) is 5.75 Å². The van der Waals surface area contributed by atoms with E-state index in [9.17, 15) is 4.79 Å². The summed E-state index contributed by atoms with van der Waals surface area (Å²) in [6, 6.07) is 15.4. The van der Waals surface area contributed by atoms with Gasteiger partial charge in [-0.1, -0.05) is 24.3 Å². The van der Waals surface area contributed by atoms with Crippen molar-refractivity contribution in [3.63, 3.8) is 0 Å². The largest absolute Gasteiger partial charge is 0.497 e. The Morgan fingerprint density at radius 3 is 2.68 bits per heavy atom. The maximum absolute atomic E-state index is 12.3. The molecule has 0 spiro atoms. The molecule has 0 atom stereocenters. The quantitative estimate of drug-likeness (QED) is 0.581. The number of nitrogens with zero attached hydrogens (tertiary/aromatic N) is 4. The van der Waals surface area contributed by atoms with Gasteiger partial charge in [0.25, 0.3) is 0 Å². The highest BCUT2D eigenvalue weighted by Crippen LogP contribution is 2.20. The summed E-state index contributed by atoms with van der Waals surface area (Å²) in [7, 11) is 1.59. The molecule has 0 saturated heterocycles. The summed E-state index contributed by atoms with van der Waals surface area (Å²) in [5.41, 5.74) is 4.68. The molecule has 4 aromatic rings. The SMILES string of the molecule is COc1ccn2nc(NC(=O)Cc3ccc(-c4ccnc(C)c4)cc3)nc2c1. The summed E-state index contributed by atoms with van der Waals surface area (Å²) in [6.07, 6.45) is 3.77. The highest BCUT2D eigenvalue weighted by atomic mass is 16.5. The van der Waals surface area contributed by atoms with Crippen molar-refractivity contribution in [1.82, 2.24) is 19.6 Å². The minimum atomic E-state index is -0.171. The molecule has 4 rings (SSSR count). The summed E-state index contributed by atoms with van der Waals surface area (Å²) >= 11 is 0. The van der Waals surface area contributed by atoms with E-state index in [2.05, 4.69) is 20.4 Å². The second kappa shape index (κ2) is 7.48. The molecule has 0 radical (unpaired) electrons. The number of aryl methyl sites for hydroxylation is 1. The van der Waals surface area contributed by atoms with E-state index in [0.29, 0.717) is 11.4 Å². The zero-order chi connectivity index (χ0) is 19.5. The van der Waals surface area contributed by atoms with Gasteiger partial charge in [-0.15, -0.1) is 5.10 Å². The highest BCUT2D eigenvalue weighted by Gasteiger charge is 2.10. The Morgan fingerprint density at radius 1 is 1.11 bits per heavy atom. The lowest BCUT2D eigenvalue weighted by molar-refractivity contribution is -0.115. The number of fused-ring (bicyclic) bond motifs is 1. The molecule has 0 aliphatic carbocycles. The van der Waals surface area contributed by atoms with Gasteiger partial charge in [0.1, 0.15) is 5.75 Å². The fourth-order valence-corrected chi connectivity index (χ4v) is 2.94. The summed E-state index contributed by atoms with van der Waals surface area (Å²) in [4.78, 5) is 20.9. The number of nitrogens with one attached hydrogen (secondary N) is 1. The number of hydrogen-bond acceptors (Lipinski definition) is 5. The van der Waals surface area contributed by atoms with Gasteiger partial charge in [0.05, 0.1) is 13.5 Å². The minimum Gasteiger partial charge on any atom is -0.497 e. The summed E-state index contributed by atoms with van der Waals surface area (Å²) < 4.78 is 6.75. The molecular formula is C21H19N5O2. The van der Waals surface area contributed by atoms with Crippen LogP contribution in [0.3, 0.4) is 0 Å². The zero-order valence-electron chi connectivity index (χ0n) is 15.6. The molecule has 1 N–H and O–H groups in total. The number of ether oxygens (including phenoxy) is 1. The summed E-state index contributed by atoms with van der Waals surface area (Å²) in [6.45, 7) is 1.96. The smallest absolute Gasteiger partial charge is 0.249 e. The summed E-state index contributed by atoms with van der Waals surface area (Å²) in [5.74, 6) is 0.778. The number of anilines is 1. The van der Waals surface area contributed by atoms with Crippen molar-refractivity contribution in [1.29, 1.82) is 0 Å². The molecule has 3 aromatic heterocycles. The van der Waals surface area contributed by atoms with Gasteiger partial charge in [0, 0.05) is 24.2 Å². The van der Waals surface area contributed by atoms with Crippen LogP contribution >= 0.6 is 0 Å². The second-order valence-electron chi connectivity index (χ2n) is 6.41. The van der Waals surface area contributed by atoms with E-state index in [1.54, 1.807) is 36.2 Å². The van der Waals surface area contributed by atoms with E-state index in [4.69, 9.17) is 4.74 Å². The predicted octanol–water partition coefficient (Wildman–Crippen LogP) is 3.29. The first-order valence-electron chi connectivity index (χ1n) is 8.83. The maximum atomic E-state index is 12.3. The van der Waals surface area contributed by atoms with Crippen LogP contribution in [0, 0.1) is 6.92 Å². The lowest BCUT2D eigenvalue weighted by atomic mass is 10.0. The van der Waals surface area contributed by atoms with Gasteiger partial charge in [0.2, 0.25) is 11.9 Å². The van der Waals surface area contributed by atoms with Gasteiger partial charge in [-0.3, -0.25) is 15.1 Å². The molecule has 1 amide bonds. The first-order valence-corrected chi connectivity index (χ1v) is 8.83. The Labute approximate surface area is 162 Å². The average molecular weight is 373 g/mol. The monoisotopic (exact) mass is 373 g/mol. The third-order valence-electron chi connectivity index (χ3n) is 4.34. The number of hydrogen-bond donors (Lipinski definition) is 1. The molecule has 0 aliphatic heterocycles. The number of pyridine rings is 2. The Balaban J connectivity index is 1.43. The molecule has 7 nitrogen and oxygen atoms in total. The topological polar surface area (TPSA) is 81.4 Å². The molecule has 28 heavy (non-hydrogen) atoms. The number of carbonyl (C=O) groups excluding carboxylic acids is 1. The second-order valence-corrected chi connectivity index (χ2v) is 6.41. The summed E-state index contributed by atoms with van der Waals surface area (Å²) in [5, 5.41) is 6.98. The normalized spacial score (nSPS) is 10.8. The average Bonchev–Trinajstić information content (AvgIpc) is 3.09. The van der Waals surface area contributed by atoms with E-state index >= 15 is 0 Å². The van der Waals surface area contributed by atoms with Crippen LogP contribution in [0.2, 0.25) is 0 Å². The van der Waals surface area contributed by atoms with Crippen molar-refractivity contribution >= 4 is 17.5 Å². The van der Waals surface area contributed by atoms with Crippen LogP contribution in [0.15, 0.2) is 60.9 Å². The zero-order valence-corrected chi connectivity index (χ0v) is 15.6. The number of aromatic nitrogens is 4. The van der Waals surface area contributed by atoms with Crippen molar-refractivity contribution in [3.05, 3.63) is 72.2 Å². The molecule has 140 valence electrons. The van der Waals surface area contributed by atoms with E-state index in [1.807, 2.05) is 43.3 Å². The Hall–Kier alpha value is -3.74. The van der Waals surface area contributed by atoms with Gasteiger partial charge in [0.15, 0.2) is 5.65 Å². The highest BCUT2D eigenvalue weighted by molar-refractivity contribution is 5.90. The van der Waals surface area contributed by atoms with Crippen molar-refractivity contribution in [2.75, 3.05) is 12.4 Å². The van der Waals surface area contributed by atoms with Crippen molar-refractivity contribution in [2.24, 2.45) is 0 Å². The van der Waals surface area contributed by atoms with Crippen LogP contribution in [0.25, 0.3) is 16.8 Å². The number of amides is 1. The van der Waals surface area contributed by atoms with E-state index in [1.165, 1.54) is 0 Å². The van der Waals surface area contributed by atoms with Crippen molar-refractivity contribution in [3.8, 4) is 16.9 Å². The Bertz CT molecular complexity index is 1140. The first kappa shape index (κ1) is 17.7. The molecule has 0 unspecified atom stereocenters. The van der Waals surface area contributed by atoms with Crippen molar-refractivity contribution < 1.29 is 9.53 Å². The van der Waals surface area contributed by atoms with Gasteiger partial charge < -0.3 is 4.74 Å². The number of methoxy groups -OCH3 is 1. The fourth-order valence-electron chi connectivity index (χ4n) is 2.94. The number of rotatable bonds is 5. The molecule has 0 fully saturated rings. The van der Waals surface area contributed by atoms with Crippen molar-refractivity contribution in [2.45, 2.75) is 13.3 Å². The predicted molar refractivity (Wildman–Crippen MR) is 106 cm³/mol. The lowest BCUT2D eigenvalue weighted by Crippen LogP contribution is -2.15. The van der Waals surface area contributed by atoms with Gasteiger partial charge in [-0.25, -0.2) is 4.52 Å². The van der Waals surface area contributed by atoms with E-state index in [-0.39, 0.29) is 18.3 Å².